The van der Waals surface area contributed by atoms with Crippen LogP contribution in [0.5, 0.6) is 5.75 Å². The van der Waals surface area contributed by atoms with Crippen LogP contribution in [0.3, 0.4) is 0 Å². The number of alkyl halides is 1. The lowest BCUT2D eigenvalue weighted by atomic mass is 10.3. The first-order chi connectivity index (χ1) is 9.91. The summed E-state index contributed by atoms with van der Waals surface area (Å²) in [6, 6.07) is 8.35. The zero-order valence-electron chi connectivity index (χ0n) is 12.0. The molecule has 0 aliphatic carbocycles. The number of para-hydroxylation sites is 2. The highest BCUT2D eigenvalue weighted by Gasteiger charge is 2.28. The lowest BCUT2D eigenvalue weighted by Gasteiger charge is -2.21. The van der Waals surface area contributed by atoms with E-state index < -0.39 is 10.0 Å². The molecule has 0 bridgehead atoms. The Balaban J connectivity index is 2.50. The van der Waals surface area contributed by atoms with Gasteiger partial charge < -0.3 is 9.15 Å². The largest absolute Gasteiger partial charge is 0.495 e. The average molecular weight is 330 g/mol. The third kappa shape index (κ3) is 2.87. The van der Waals surface area contributed by atoms with Crippen LogP contribution >= 0.6 is 11.6 Å². The quantitative estimate of drug-likeness (QED) is 0.791. The average Bonchev–Trinajstić information content (AvgIpc) is 2.88. The van der Waals surface area contributed by atoms with Gasteiger partial charge in [-0.25, -0.2) is 8.42 Å². The molecular formula is C14H16ClNO4S. The summed E-state index contributed by atoms with van der Waals surface area (Å²) in [6.45, 7) is 1.60. The number of hydrogen-bond acceptors (Lipinski definition) is 4. The summed E-state index contributed by atoms with van der Waals surface area (Å²) in [4.78, 5) is 0.103. The van der Waals surface area contributed by atoms with Gasteiger partial charge in [0, 0.05) is 13.1 Å². The smallest absolute Gasteiger partial charge is 0.267 e. The fourth-order valence-electron chi connectivity index (χ4n) is 2.01. The van der Waals surface area contributed by atoms with Crippen molar-refractivity contribution in [3.8, 4) is 5.75 Å². The minimum absolute atomic E-state index is 0.103. The number of hydrogen-bond donors (Lipinski definition) is 0. The number of halogens is 1. The summed E-state index contributed by atoms with van der Waals surface area (Å²) in [5.74, 6) is 1.32. The van der Waals surface area contributed by atoms with E-state index in [1.54, 1.807) is 31.2 Å². The maximum Gasteiger partial charge on any atom is 0.267 e. The third-order valence-electron chi connectivity index (χ3n) is 3.12. The molecule has 0 N–H and O–H groups in total. The standard InChI is InChI=1S/C14H16ClNO4S/c1-10-14(8-11(9-15)20-10)21(17,18)16(2)12-6-4-5-7-13(12)19-3/h4-8H,9H2,1-3H3. The highest BCUT2D eigenvalue weighted by atomic mass is 35.5. The second-order valence-corrected chi connectivity index (χ2v) is 6.62. The molecule has 2 aromatic rings. The van der Waals surface area contributed by atoms with Gasteiger partial charge in [0.2, 0.25) is 0 Å². The Bertz CT molecular complexity index is 739. The molecule has 5 nitrogen and oxygen atoms in total. The van der Waals surface area contributed by atoms with Crippen LogP contribution in [0.4, 0.5) is 5.69 Å². The minimum Gasteiger partial charge on any atom is -0.495 e. The molecule has 1 aromatic carbocycles. The zero-order chi connectivity index (χ0) is 15.6. The van der Waals surface area contributed by atoms with Crippen molar-refractivity contribution in [2.75, 3.05) is 18.5 Å². The van der Waals surface area contributed by atoms with E-state index in [9.17, 15) is 8.42 Å². The van der Waals surface area contributed by atoms with Crippen LogP contribution in [0, 0.1) is 6.92 Å². The van der Waals surface area contributed by atoms with Gasteiger partial charge in [0.15, 0.2) is 0 Å². The van der Waals surface area contributed by atoms with Gasteiger partial charge in [0.25, 0.3) is 10.0 Å². The minimum atomic E-state index is -3.74. The number of ether oxygens (including phenoxy) is 1. The summed E-state index contributed by atoms with van der Waals surface area (Å²) in [5.41, 5.74) is 0.452. The summed E-state index contributed by atoms with van der Waals surface area (Å²) in [7, 11) is -0.777. The summed E-state index contributed by atoms with van der Waals surface area (Å²) in [6.07, 6.45) is 0. The molecule has 0 aliphatic rings. The van der Waals surface area contributed by atoms with Crippen molar-refractivity contribution in [3.63, 3.8) is 0 Å². The Morgan fingerprint density at radius 2 is 2.00 bits per heavy atom. The Labute approximate surface area is 129 Å². The predicted molar refractivity (Wildman–Crippen MR) is 81.6 cm³/mol. The topological polar surface area (TPSA) is 59.8 Å². The second kappa shape index (κ2) is 5.99. The van der Waals surface area contributed by atoms with Crippen molar-refractivity contribution in [2.45, 2.75) is 17.7 Å². The molecular weight excluding hydrogens is 314 g/mol. The molecule has 0 spiro atoms. The van der Waals surface area contributed by atoms with Crippen molar-refractivity contribution in [3.05, 3.63) is 41.9 Å². The number of methoxy groups -OCH3 is 1. The number of rotatable bonds is 5. The molecule has 21 heavy (non-hydrogen) atoms. The normalized spacial score (nSPS) is 11.4. The molecule has 114 valence electrons. The van der Waals surface area contributed by atoms with Crippen LogP contribution in [0.15, 0.2) is 39.6 Å². The van der Waals surface area contributed by atoms with Crippen LogP contribution < -0.4 is 9.04 Å². The van der Waals surface area contributed by atoms with E-state index in [2.05, 4.69) is 0 Å². The van der Waals surface area contributed by atoms with Crippen LogP contribution in [0.1, 0.15) is 11.5 Å². The van der Waals surface area contributed by atoms with Crippen molar-refractivity contribution >= 4 is 27.3 Å². The molecule has 0 atom stereocenters. The van der Waals surface area contributed by atoms with Crippen LogP contribution in [-0.4, -0.2) is 22.6 Å². The molecule has 7 heteroatoms. The predicted octanol–water partition coefficient (Wildman–Crippen LogP) is 3.16. The van der Waals surface area contributed by atoms with E-state index in [-0.39, 0.29) is 10.8 Å². The maximum atomic E-state index is 12.7. The molecule has 0 saturated carbocycles. The fourth-order valence-corrected chi connectivity index (χ4v) is 3.53. The monoisotopic (exact) mass is 329 g/mol. The molecule has 0 radical (unpaired) electrons. The first-order valence-corrected chi connectivity index (χ1v) is 8.16. The molecule has 0 amide bonds. The molecule has 0 fully saturated rings. The summed E-state index contributed by atoms with van der Waals surface area (Å²) in [5, 5.41) is 0. The highest BCUT2D eigenvalue weighted by molar-refractivity contribution is 7.92. The fraction of sp³-hybridized carbons (Fsp3) is 0.286. The number of aryl methyl sites for hydroxylation is 1. The van der Waals surface area contributed by atoms with Gasteiger partial charge >= 0.3 is 0 Å². The molecule has 0 aliphatic heterocycles. The van der Waals surface area contributed by atoms with Crippen LogP contribution in [0.2, 0.25) is 0 Å². The summed E-state index contributed by atoms with van der Waals surface area (Å²) < 4.78 is 37.1. The molecule has 1 heterocycles. The number of benzene rings is 1. The van der Waals surface area contributed by atoms with Gasteiger partial charge in [-0.3, -0.25) is 4.31 Å². The van der Waals surface area contributed by atoms with Crippen molar-refractivity contribution in [1.29, 1.82) is 0 Å². The van der Waals surface area contributed by atoms with Crippen molar-refractivity contribution < 1.29 is 17.6 Å². The number of nitrogens with zero attached hydrogens (tertiary/aromatic N) is 1. The SMILES string of the molecule is COc1ccccc1N(C)S(=O)(=O)c1cc(CCl)oc1C. The van der Waals surface area contributed by atoms with Gasteiger partial charge in [-0.05, 0) is 19.1 Å². The van der Waals surface area contributed by atoms with E-state index in [0.717, 1.165) is 0 Å². The molecule has 0 unspecified atom stereocenters. The first-order valence-electron chi connectivity index (χ1n) is 6.19. The third-order valence-corrected chi connectivity index (χ3v) is 5.26. The van der Waals surface area contributed by atoms with E-state index >= 15 is 0 Å². The van der Waals surface area contributed by atoms with Crippen molar-refractivity contribution in [2.24, 2.45) is 0 Å². The van der Waals surface area contributed by atoms with Gasteiger partial charge in [0.1, 0.15) is 22.2 Å². The highest BCUT2D eigenvalue weighted by Crippen LogP contribution is 2.32. The molecule has 0 saturated heterocycles. The first kappa shape index (κ1) is 15.7. The van der Waals surface area contributed by atoms with E-state index in [1.807, 2.05) is 0 Å². The Morgan fingerprint density at radius 3 is 2.57 bits per heavy atom. The second-order valence-electron chi connectivity index (χ2n) is 4.41. The lowest BCUT2D eigenvalue weighted by Crippen LogP contribution is -2.27. The number of furan rings is 1. The van der Waals surface area contributed by atoms with Gasteiger partial charge in [0.05, 0.1) is 18.7 Å². The van der Waals surface area contributed by atoms with E-state index in [1.165, 1.54) is 24.5 Å². The molecule has 2 rings (SSSR count). The van der Waals surface area contributed by atoms with E-state index in [4.69, 9.17) is 20.8 Å². The van der Waals surface area contributed by atoms with Crippen molar-refractivity contribution in [1.82, 2.24) is 0 Å². The van der Waals surface area contributed by atoms with E-state index in [0.29, 0.717) is 23.0 Å². The number of anilines is 1. The lowest BCUT2D eigenvalue weighted by molar-refractivity contribution is 0.416. The molecule has 1 aromatic heterocycles. The van der Waals surface area contributed by atoms with Gasteiger partial charge in [-0.2, -0.15) is 0 Å². The van der Waals surface area contributed by atoms with Crippen LogP contribution in [0.25, 0.3) is 0 Å². The Hall–Kier alpha value is -1.66. The maximum absolute atomic E-state index is 12.7. The Kier molecular flexibility index (Phi) is 4.49. The van der Waals surface area contributed by atoms with Gasteiger partial charge in [-0.15, -0.1) is 11.6 Å². The Morgan fingerprint density at radius 1 is 1.33 bits per heavy atom. The summed E-state index contributed by atoms with van der Waals surface area (Å²) >= 11 is 5.68. The van der Waals surface area contributed by atoms with Gasteiger partial charge in [-0.1, -0.05) is 12.1 Å². The zero-order valence-corrected chi connectivity index (χ0v) is 13.5. The van der Waals surface area contributed by atoms with Crippen LogP contribution in [-0.2, 0) is 15.9 Å². The number of sulfonamides is 1.